The zero-order valence-electron chi connectivity index (χ0n) is 20.3. The standard InChI is InChI=1S/C28H26N4O2S2/c1-4-34-22-13-11-21(12-14-22)32-25-8-6-5-7-23(25)30-28(32)36-17-26(33)31-27-29-24(16-35-27)20-10-9-18(2)19(3)15-20/h5-16H,4,17H2,1-3H3,(H,29,31,33). The molecule has 6 nitrogen and oxygen atoms in total. The number of rotatable bonds is 8. The van der Waals surface area contributed by atoms with E-state index in [2.05, 4.69) is 46.9 Å². The summed E-state index contributed by atoms with van der Waals surface area (Å²) in [6.07, 6.45) is 0. The fourth-order valence-corrected chi connectivity index (χ4v) is 5.42. The van der Waals surface area contributed by atoms with Crippen LogP contribution in [0.3, 0.4) is 0 Å². The van der Waals surface area contributed by atoms with Crippen LogP contribution < -0.4 is 10.1 Å². The summed E-state index contributed by atoms with van der Waals surface area (Å²) in [4.78, 5) is 22.2. The molecule has 0 aliphatic heterocycles. The highest BCUT2D eigenvalue weighted by Gasteiger charge is 2.16. The third-order valence-corrected chi connectivity index (χ3v) is 7.52. The highest BCUT2D eigenvalue weighted by atomic mass is 32.2. The van der Waals surface area contributed by atoms with Crippen LogP contribution in [-0.4, -0.2) is 32.8 Å². The molecule has 36 heavy (non-hydrogen) atoms. The van der Waals surface area contributed by atoms with Crippen LogP contribution in [0, 0.1) is 13.8 Å². The van der Waals surface area contributed by atoms with Crippen molar-refractivity contribution < 1.29 is 9.53 Å². The summed E-state index contributed by atoms with van der Waals surface area (Å²) < 4.78 is 7.66. The molecule has 3 aromatic carbocycles. The average Bonchev–Trinajstić information content (AvgIpc) is 3.50. The van der Waals surface area contributed by atoms with E-state index in [0.717, 1.165) is 38.9 Å². The molecule has 2 heterocycles. The largest absolute Gasteiger partial charge is 0.494 e. The van der Waals surface area contributed by atoms with Crippen molar-refractivity contribution in [3.63, 3.8) is 0 Å². The van der Waals surface area contributed by atoms with Crippen molar-refractivity contribution in [2.75, 3.05) is 17.7 Å². The van der Waals surface area contributed by atoms with E-state index in [-0.39, 0.29) is 11.7 Å². The van der Waals surface area contributed by atoms with E-state index in [1.807, 2.05) is 60.8 Å². The Kier molecular flexibility index (Phi) is 7.06. The number of hydrogen-bond donors (Lipinski definition) is 1. The number of aryl methyl sites for hydroxylation is 2. The summed E-state index contributed by atoms with van der Waals surface area (Å²) in [5, 5.41) is 6.25. The first kappa shape index (κ1) is 24.1. The number of ether oxygens (including phenoxy) is 1. The molecule has 1 amide bonds. The number of thiazole rings is 1. The number of nitrogens with zero attached hydrogens (tertiary/aromatic N) is 3. The Morgan fingerprint density at radius 2 is 1.83 bits per heavy atom. The summed E-state index contributed by atoms with van der Waals surface area (Å²) in [6, 6.07) is 22.2. The van der Waals surface area contributed by atoms with Crippen LogP contribution in [0.15, 0.2) is 77.3 Å². The Morgan fingerprint density at radius 1 is 1.03 bits per heavy atom. The predicted octanol–water partition coefficient (Wildman–Crippen LogP) is 6.90. The molecule has 1 N–H and O–H groups in total. The molecule has 5 aromatic rings. The average molecular weight is 515 g/mol. The quantitative estimate of drug-likeness (QED) is 0.228. The SMILES string of the molecule is CCOc1ccc(-n2c(SCC(=O)Nc3nc(-c4ccc(C)c(C)c4)cs3)nc3ccccc32)cc1. The molecule has 0 bridgehead atoms. The number of hydrogen-bond acceptors (Lipinski definition) is 6. The molecular weight excluding hydrogens is 488 g/mol. The smallest absolute Gasteiger partial charge is 0.236 e. The number of carbonyl (C=O) groups is 1. The van der Waals surface area contributed by atoms with Crippen molar-refractivity contribution in [2.45, 2.75) is 25.9 Å². The number of aromatic nitrogens is 3. The number of para-hydroxylation sites is 2. The lowest BCUT2D eigenvalue weighted by Crippen LogP contribution is -2.14. The Bertz CT molecular complexity index is 1520. The van der Waals surface area contributed by atoms with E-state index in [9.17, 15) is 4.79 Å². The summed E-state index contributed by atoms with van der Waals surface area (Å²) in [7, 11) is 0. The van der Waals surface area contributed by atoms with Crippen LogP contribution in [-0.2, 0) is 4.79 Å². The maximum Gasteiger partial charge on any atom is 0.236 e. The zero-order chi connectivity index (χ0) is 25.1. The van der Waals surface area contributed by atoms with Crippen molar-refractivity contribution in [3.05, 3.63) is 83.2 Å². The Balaban J connectivity index is 1.31. The minimum Gasteiger partial charge on any atom is -0.494 e. The van der Waals surface area contributed by atoms with Gasteiger partial charge in [0.05, 0.1) is 29.1 Å². The lowest BCUT2D eigenvalue weighted by Gasteiger charge is -2.10. The van der Waals surface area contributed by atoms with Gasteiger partial charge >= 0.3 is 0 Å². The van der Waals surface area contributed by atoms with Gasteiger partial charge in [0.2, 0.25) is 5.91 Å². The molecule has 0 saturated carbocycles. The van der Waals surface area contributed by atoms with Gasteiger partial charge in [-0.1, -0.05) is 36.0 Å². The topological polar surface area (TPSA) is 69.0 Å². The normalized spacial score (nSPS) is 11.1. The first-order valence-corrected chi connectivity index (χ1v) is 13.5. The molecule has 0 unspecified atom stereocenters. The zero-order valence-corrected chi connectivity index (χ0v) is 22.0. The second kappa shape index (κ2) is 10.6. The van der Waals surface area contributed by atoms with Crippen molar-refractivity contribution in [3.8, 4) is 22.7 Å². The third kappa shape index (κ3) is 5.15. The second-order valence-electron chi connectivity index (χ2n) is 8.32. The monoisotopic (exact) mass is 514 g/mol. The van der Waals surface area contributed by atoms with Crippen LogP contribution in [0.5, 0.6) is 5.75 Å². The molecule has 0 saturated heterocycles. The van der Waals surface area contributed by atoms with Crippen molar-refractivity contribution >= 4 is 45.2 Å². The van der Waals surface area contributed by atoms with E-state index in [1.54, 1.807) is 0 Å². The van der Waals surface area contributed by atoms with Gasteiger partial charge in [-0.15, -0.1) is 11.3 Å². The maximum absolute atomic E-state index is 12.8. The van der Waals surface area contributed by atoms with Gasteiger partial charge in [0.1, 0.15) is 5.75 Å². The van der Waals surface area contributed by atoms with Crippen molar-refractivity contribution in [2.24, 2.45) is 0 Å². The number of benzene rings is 3. The van der Waals surface area contributed by atoms with Gasteiger partial charge in [0, 0.05) is 16.6 Å². The molecule has 0 aliphatic carbocycles. The fourth-order valence-electron chi connectivity index (χ4n) is 3.86. The molecule has 0 aliphatic rings. The number of thioether (sulfide) groups is 1. The summed E-state index contributed by atoms with van der Waals surface area (Å²) >= 11 is 2.83. The fraction of sp³-hybridized carbons (Fsp3) is 0.179. The number of nitrogens with one attached hydrogen (secondary N) is 1. The van der Waals surface area contributed by atoms with Gasteiger partial charge in [0.25, 0.3) is 0 Å². The van der Waals surface area contributed by atoms with Gasteiger partial charge in [-0.3, -0.25) is 9.36 Å². The highest BCUT2D eigenvalue weighted by Crippen LogP contribution is 2.30. The maximum atomic E-state index is 12.8. The van der Waals surface area contributed by atoms with E-state index in [4.69, 9.17) is 9.72 Å². The van der Waals surface area contributed by atoms with Crippen LogP contribution in [0.4, 0.5) is 5.13 Å². The first-order chi connectivity index (χ1) is 17.5. The number of fused-ring (bicyclic) bond motifs is 1. The Morgan fingerprint density at radius 3 is 2.61 bits per heavy atom. The first-order valence-electron chi connectivity index (χ1n) is 11.7. The lowest BCUT2D eigenvalue weighted by atomic mass is 10.1. The van der Waals surface area contributed by atoms with E-state index >= 15 is 0 Å². The Labute approximate surface area is 218 Å². The van der Waals surface area contributed by atoms with Crippen molar-refractivity contribution in [1.29, 1.82) is 0 Å². The van der Waals surface area contributed by atoms with Crippen LogP contribution >= 0.6 is 23.1 Å². The van der Waals surface area contributed by atoms with Gasteiger partial charge < -0.3 is 10.1 Å². The molecule has 0 fully saturated rings. The summed E-state index contributed by atoms with van der Waals surface area (Å²) in [5.41, 5.74) is 7.22. The molecule has 0 spiro atoms. The van der Waals surface area contributed by atoms with Crippen molar-refractivity contribution in [1.82, 2.24) is 14.5 Å². The molecule has 182 valence electrons. The summed E-state index contributed by atoms with van der Waals surface area (Å²) in [6.45, 7) is 6.77. The van der Waals surface area contributed by atoms with Gasteiger partial charge in [-0.2, -0.15) is 0 Å². The highest BCUT2D eigenvalue weighted by molar-refractivity contribution is 7.99. The van der Waals surface area contributed by atoms with E-state index in [1.165, 1.54) is 34.2 Å². The Hall–Kier alpha value is -3.62. The molecular formula is C28H26N4O2S2. The van der Waals surface area contributed by atoms with Gasteiger partial charge in [-0.05, 0) is 74.4 Å². The second-order valence-corrected chi connectivity index (χ2v) is 10.1. The van der Waals surface area contributed by atoms with Crippen LogP contribution in [0.25, 0.3) is 28.0 Å². The summed E-state index contributed by atoms with van der Waals surface area (Å²) in [5.74, 6) is 0.924. The predicted molar refractivity (Wildman–Crippen MR) is 149 cm³/mol. The molecule has 0 radical (unpaired) electrons. The number of anilines is 1. The number of imidazole rings is 1. The van der Waals surface area contributed by atoms with Gasteiger partial charge in [-0.25, -0.2) is 9.97 Å². The molecule has 2 aromatic heterocycles. The van der Waals surface area contributed by atoms with Crippen LogP contribution in [0.1, 0.15) is 18.1 Å². The number of amides is 1. The lowest BCUT2D eigenvalue weighted by molar-refractivity contribution is -0.113. The number of carbonyl (C=O) groups excluding carboxylic acids is 1. The molecule has 5 rings (SSSR count). The van der Waals surface area contributed by atoms with E-state index in [0.29, 0.717) is 11.7 Å². The van der Waals surface area contributed by atoms with Gasteiger partial charge in [0.15, 0.2) is 10.3 Å². The van der Waals surface area contributed by atoms with E-state index < -0.39 is 0 Å². The third-order valence-electron chi connectivity index (χ3n) is 5.82. The minimum atomic E-state index is -0.119. The minimum absolute atomic E-state index is 0.119. The molecule has 8 heteroatoms. The van der Waals surface area contributed by atoms with Crippen LogP contribution in [0.2, 0.25) is 0 Å². The molecule has 0 atom stereocenters.